The highest BCUT2D eigenvalue weighted by molar-refractivity contribution is 6.31. The van der Waals surface area contributed by atoms with Crippen LogP contribution in [0.25, 0.3) is 0 Å². The Kier molecular flexibility index (Phi) is 4.04. The van der Waals surface area contributed by atoms with Gasteiger partial charge in [0.1, 0.15) is 11.5 Å². The van der Waals surface area contributed by atoms with Gasteiger partial charge in [-0.1, -0.05) is 29.8 Å². The van der Waals surface area contributed by atoms with Crippen molar-refractivity contribution in [3.05, 3.63) is 58.1 Å². The fourth-order valence-electron chi connectivity index (χ4n) is 2.97. The number of methoxy groups -OCH3 is 1. The molecule has 0 aliphatic heterocycles. The maximum Gasteiger partial charge on any atom is 0.124 e. The van der Waals surface area contributed by atoms with E-state index >= 15 is 0 Å². The lowest BCUT2D eigenvalue weighted by atomic mass is 10.1. The Morgan fingerprint density at radius 2 is 2.10 bits per heavy atom. The molecule has 0 bridgehead atoms. The number of ether oxygens (including phenoxy) is 1. The Balaban J connectivity index is 1.78. The molecule has 0 aromatic heterocycles. The number of benzene rings is 2. The van der Waals surface area contributed by atoms with Crippen LogP contribution < -0.4 is 10.1 Å². The van der Waals surface area contributed by atoms with Gasteiger partial charge in [0.25, 0.3) is 0 Å². The van der Waals surface area contributed by atoms with E-state index in [2.05, 4.69) is 11.4 Å². The summed E-state index contributed by atoms with van der Waals surface area (Å²) in [7, 11) is 1.65. The van der Waals surface area contributed by atoms with Gasteiger partial charge >= 0.3 is 0 Å². The number of fused-ring (bicyclic) bond motifs is 1. The van der Waals surface area contributed by atoms with Gasteiger partial charge in [0, 0.05) is 23.2 Å². The highest BCUT2D eigenvalue weighted by Crippen LogP contribution is 2.37. The Bertz CT molecular complexity index is 657. The minimum absolute atomic E-state index is 0.244. The summed E-state index contributed by atoms with van der Waals surface area (Å²) in [6.07, 6.45) is 1.89. The third-order valence-electron chi connectivity index (χ3n) is 4.07. The summed E-state index contributed by atoms with van der Waals surface area (Å²) in [6.45, 7) is 0.641. The zero-order valence-corrected chi connectivity index (χ0v) is 12.7. The third-order valence-corrected chi connectivity index (χ3v) is 4.42. The second-order valence-corrected chi connectivity index (χ2v) is 5.64. The molecule has 3 nitrogen and oxygen atoms in total. The number of rotatable bonds is 4. The van der Waals surface area contributed by atoms with Crippen molar-refractivity contribution in [1.29, 1.82) is 0 Å². The van der Waals surface area contributed by atoms with E-state index in [0.29, 0.717) is 17.3 Å². The van der Waals surface area contributed by atoms with E-state index in [9.17, 15) is 5.11 Å². The second-order valence-electron chi connectivity index (χ2n) is 5.24. The van der Waals surface area contributed by atoms with E-state index in [1.165, 1.54) is 5.56 Å². The van der Waals surface area contributed by atoms with Crippen LogP contribution in [-0.2, 0) is 13.0 Å². The van der Waals surface area contributed by atoms with Crippen LogP contribution in [0.15, 0.2) is 36.4 Å². The lowest BCUT2D eigenvalue weighted by Crippen LogP contribution is -2.19. The molecule has 0 heterocycles. The molecule has 0 spiro atoms. The number of phenolic OH excluding ortho intramolecular Hbond substituents is 1. The van der Waals surface area contributed by atoms with Crippen molar-refractivity contribution >= 4 is 11.6 Å². The Morgan fingerprint density at radius 3 is 2.90 bits per heavy atom. The molecular weight excluding hydrogens is 286 g/mol. The maximum absolute atomic E-state index is 9.89. The third kappa shape index (κ3) is 2.71. The molecular formula is C17H18ClNO2. The Morgan fingerprint density at radius 1 is 1.29 bits per heavy atom. The molecule has 0 radical (unpaired) electrons. The van der Waals surface area contributed by atoms with Crippen LogP contribution in [0.4, 0.5) is 0 Å². The monoisotopic (exact) mass is 303 g/mol. The number of aromatic hydroxyl groups is 1. The standard InChI is InChI=1S/C17H18ClNO2/c1-21-17-7-3-5-14(18)13(17)10-19-15-9-8-12-11(15)4-2-6-16(12)20/h2-7,15,19-20H,8-10H2,1H3. The largest absolute Gasteiger partial charge is 0.508 e. The zero-order valence-electron chi connectivity index (χ0n) is 11.9. The van der Waals surface area contributed by atoms with Crippen molar-refractivity contribution in [2.45, 2.75) is 25.4 Å². The van der Waals surface area contributed by atoms with Crippen molar-refractivity contribution < 1.29 is 9.84 Å². The normalized spacial score (nSPS) is 16.8. The van der Waals surface area contributed by atoms with Gasteiger partial charge in [-0.25, -0.2) is 0 Å². The summed E-state index contributed by atoms with van der Waals surface area (Å²) in [5.41, 5.74) is 3.21. The van der Waals surface area contributed by atoms with Crippen LogP contribution in [0, 0.1) is 0 Å². The molecule has 2 aromatic carbocycles. The molecule has 0 saturated carbocycles. The molecule has 21 heavy (non-hydrogen) atoms. The van der Waals surface area contributed by atoms with E-state index in [-0.39, 0.29) is 6.04 Å². The van der Waals surface area contributed by atoms with Gasteiger partial charge in [-0.05, 0) is 42.2 Å². The molecule has 1 aliphatic rings. The highest BCUT2D eigenvalue weighted by atomic mass is 35.5. The van der Waals surface area contributed by atoms with Crippen molar-refractivity contribution in [1.82, 2.24) is 5.32 Å². The van der Waals surface area contributed by atoms with Gasteiger partial charge in [0.2, 0.25) is 0 Å². The van der Waals surface area contributed by atoms with Crippen LogP contribution in [-0.4, -0.2) is 12.2 Å². The number of hydrogen-bond acceptors (Lipinski definition) is 3. The van der Waals surface area contributed by atoms with E-state index in [1.54, 1.807) is 13.2 Å². The van der Waals surface area contributed by atoms with Crippen molar-refractivity contribution in [3.63, 3.8) is 0 Å². The number of hydrogen-bond donors (Lipinski definition) is 2. The van der Waals surface area contributed by atoms with Gasteiger partial charge in [-0.2, -0.15) is 0 Å². The first-order valence-corrected chi connectivity index (χ1v) is 7.44. The van der Waals surface area contributed by atoms with Gasteiger partial charge in [0.05, 0.1) is 7.11 Å². The van der Waals surface area contributed by atoms with E-state index in [4.69, 9.17) is 16.3 Å². The SMILES string of the molecule is COc1cccc(Cl)c1CNC1CCc2c(O)cccc21. The zero-order chi connectivity index (χ0) is 14.8. The second kappa shape index (κ2) is 5.96. The molecule has 0 saturated heterocycles. The van der Waals surface area contributed by atoms with E-state index < -0.39 is 0 Å². The average molecular weight is 304 g/mol. The molecule has 1 atom stereocenters. The van der Waals surface area contributed by atoms with E-state index in [0.717, 1.165) is 29.7 Å². The summed E-state index contributed by atoms with van der Waals surface area (Å²) in [5, 5.41) is 14.1. The molecule has 110 valence electrons. The lowest BCUT2D eigenvalue weighted by Gasteiger charge is -2.16. The Labute approximate surface area is 129 Å². The number of nitrogens with one attached hydrogen (secondary N) is 1. The fourth-order valence-corrected chi connectivity index (χ4v) is 3.21. The molecule has 1 aliphatic carbocycles. The predicted molar refractivity (Wildman–Crippen MR) is 84.0 cm³/mol. The molecule has 1 unspecified atom stereocenters. The lowest BCUT2D eigenvalue weighted by molar-refractivity contribution is 0.405. The molecule has 3 rings (SSSR count). The van der Waals surface area contributed by atoms with E-state index in [1.807, 2.05) is 24.3 Å². The fraction of sp³-hybridized carbons (Fsp3) is 0.294. The first-order valence-electron chi connectivity index (χ1n) is 7.06. The minimum Gasteiger partial charge on any atom is -0.508 e. The predicted octanol–water partition coefficient (Wildman–Crippen LogP) is 3.83. The minimum atomic E-state index is 0.244. The van der Waals surface area contributed by atoms with Gasteiger partial charge in [-0.3, -0.25) is 0 Å². The molecule has 4 heteroatoms. The molecule has 0 amide bonds. The number of phenols is 1. The summed E-state index contributed by atoms with van der Waals surface area (Å²) in [5.74, 6) is 1.19. The van der Waals surface area contributed by atoms with Crippen LogP contribution in [0.5, 0.6) is 11.5 Å². The van der Waals surface area contributed by atoms with Crippen LogP contribution in [0.3, 0.4) is 0 Å². The van der Waals surface area contributed by atoms with Crippen molar-refractivity contribution in [3.8, 4) is 11.5 Å². The highest BCUT2D eigenvalue weighted by Gasteiger charge is 2.24. The molecule has 2 N–H and O–H groups in total. The quantitative estimate of drug-likeness (QED) is 0.902. The first kappa shape index (κ1) is 14.2. The van der Waals surface area contributed by atoms with Crippen molar-refractivity contribution in [2.24, 2.45) is 0 Å². The van der Waals surface area contributed by atoms with Crippen LogP contribution in [0.1, 0.15) is 29.2 Å². The smallest absolute Gasteiger partial charge is 0.124 e. The molecule has 0 fully saturated rings. The van der Waals surface area contributed by atoms with Crippen molar-refractivity contribution in [2.75, 3.05) is 7.11 Å². The van der Waals surface area contributed by atoms with Gasteiger partial charge in [-0.15, -0.1) is 0 Å². The van der Waals surface area contributed by atoms with Gasteiger partial charge in [0.15, 0.2) is 0 Å². The maximum atomic E-state index is 9.89. The topological polar surface area (TPSA) is 41.5 Å². The van der Waals surface area contributed by atoms with Crippen LogP contribution >= 0.6 is 11.6 Å². The van der Waals surface area contributed by atoms with Gasteiger partial charge < -0.3 is 15.2 Å². The summed E-state index contributed by atoms with van der Waals surface area (Å²) < 4.78 is 5.37. The van der Waals surface area contributed by atoms with Crippen LogP contribution in [0.2, 0.25) is 5.02 Å². The first-order chi connectivity index (χ1) is 10.2. The summed E-state index contributed by atoms with van der Waals surface area (Å²) >= 11 is 6.26. The molecule has 2 aromatic rings. The number of halogens is 1. The summed E-state index contributed by atoms with van der Waals surface area (Å²) in [6, 6.07) is 11.6. The average Bonchev–Trinajstić information content (AvgIpc) is 2.90. The summed E-state index contributed by atoms with van der Waals surface area (Å²) in [4.78, 5) is 0. The Hall–Kier alpha value is -1.71.